The lowest BCUT2D eigenvalue weighted by atomic mass is 10.0. The van der Waals surface area contributed by atoms with Crippen LogP contribution in [0.15, 0.2) is 18.2 Å². The number of carbonyl (C=O) groups excluding carboxylic acids is 1. The average molecular weight is 296 g/mol. The van der Waals surface area contributed by atoms with E-state index >= 15 is 0 Å². The van der Waals surface area contributed by atoms with Crippen LogP contribution in [0.3, 0.4) is 0 Å². The molecule has 4 nitrogen and oxygen atoms in total. The maximum Gasteiger partial charge on any atom is 0.261 e. The summed E-state index contributed by atoms with van der Waals surface area (Å²) < 4.78 is 19.3. The molecule has 3 N–H and O–H groups in total. The minimum atomic E-state index is -0.772. The van der Waals surface area contributed by atoms with Crippen molar-refractivity contribution < 1.29 is 13.9 Å². The second-order valence-electron chi connectivity index (χ2n) is 5.97. The van der Waals surface area contributed by atoms with Gasteiger partial charge in [-0.15, -0.1) is 0 Å². The molecule has 1 unspecified atom stereocenters. The number of rotatable bonds is 6. The summed E-state index contributed by atoms with van der Waals surface area (Å²) in [5.74, 6) is -0.729. The molecule has 0 spiro atoms. The maximum absolute atomic E-state index is 13.9. The Hall–Kier alpha value is -1.62. The fraction of sp³-hybridized carbons (Fsp3) is 0.562. The van der Waals surface area contributed by atoms with E-state index in [1.165, 1.54) is 12.1 Å². The molecule has 0 saturated heterocycles. The molecular weight excluding hydrogens is 271 g/mol. The molecule has 21 heavy (non-hydrogen) atoms. The van der Waals surface area contributed by atoms with Crippen molar-refractivity contribution in [2.45, 2.75) is 58.7 Å². The summed E-state index contributed by atoms with van der Waals surface area (Å²) in [4.78, 5) is 12.0. The number of nitrogens with two attached hydrogens (primary N) is 1. The van der Waals surface area contributed by atoms with Gasteiger partial charge in [-0.25, -0.2) is 4.39 Å². The SMILES string of the molecule is CCC(C)(C)NC(=O)C(C)Oc1ccc([C@@H](C)N)cc1F. The molecule has 0 aromatic heterocycles. The van der Waals surface area contributed by atoms with E-state index < -0.39 is 11.9 Å². The molecule has 0 saturated carbocycles. The van der Waals surface area contributed by atoms with Crippen molar-refractivity contribution in [1.29, 1.82) is 0 Å². The summed E-state index contributed by atoms with van der Waals surface area (Å²) in [5.41, 5.74) is 6.07. The van der Waals surface area contributed by atoms with Crippen molar-refractivity contribution in [3.8, 4) is 5.75 Å². The number of carbonyl (C=O) groups is 1. The van der Waals surface area contributed by atoms with E-state index in [1.54, 1.807) is 19.9 Å². The summed E-state index contributed by atoms with van der Waals surface area (Å²) in [6.45, 7) is 9.21. The van der Waals surface area contributed by atoms with Gasteiger partial charge in [0.05, 0.1) is 0 Å². The number of halogens is 1. The van der Waals surface area contributed by atoms with Gasteiger partial charge < -0.3 is 15.8 Å². The molecule has 2 atom stereocenters. The van der Waals surface area contributed by atoms with E-state index in [1.807, 2.05) is 20.8 Å². The van der Waals surface area contributed by atoms with Gasteiger partial charge in [-0.2, -0.15) is 0 Å². The molecule has 1 aromatic rings. The summed E-state index contributed by atoms with van der Waals surface area (Å²) in [6, 6.07) is 4.28. The van der Waals surface area contributed by atoms with Crippen LogP contribution in [0.5, 0.6) is 5.75 Å². The first-order valence-electron chi connectivity index (χ1n) is 7.20. The third kappa shape index (κ3) is 5.01. The van der Waals surface area contributed by atoms with Gasteiger partial charge in [-0.05, 0) is 51.8 Å². The van der Waals surface area contributed by atoms with Crippen LogP contribution in [0, 0.1) is 5.82 Å². The van der Waals surface area contributed by atoms with Crippen molar-refractivity contribution in [3.05, 3.63) is 29.6 Å². The van der Waals surface area contributed by atoms with Gasteiger partial charge in [-0.3, -0.25) is 4.79 Å². The van der Waals surface area contributed by atoms with Crippen LogP contribution in [0.25, 0.3) is 0 Å². The molecule has 1 amide bonds. The van der Waals surface area contributed by atoms with E-state index in [-0.39, 0.29) is 23.2 Å². The van der Waals surface area contributed by atoms with Crippen molar-refractivity contribution in [3.63, 3.8) is 0 Å². The van der Waals surface area contributed by atoms with Gasteiger partial charge in [0.1, 0.15) is 0 Å². The second-order valence-corrected chi connectivity index (χ2v) is 5.97. The lowest BCUT2D eigenvalue weighted by Gasteiger charge is -2.26. The van der Waals surface area contributed by atoms with E-state index in [9.17, 15) is 9.18 Å². The zero-order chi connectivity index (χ0) is 16.2. The molecule has 5 heteroatoms. The minimum Gasteiger partial charge on any atom is -0.478 e. The lowest BCUT2D eigenvalue weighted by Crippen LogP contribution is -2.48. The molecule has 0 radical (unpaired) electrons. The van der Waals surface area contributed by atoms with Crippen LogP contribution in [-0.2, 0) is 4.79 Å². The van der Waals surface area contributed by atoms with Crippen LogP contribution in [0.2, 0.25) is 0 Å². The third-order valence-electron chi connectivity index (χ3n) is 3.50. The Labute approximate surface area is 125 Å². The molecule has 1 rings (SSSR count). The van der Waals surface area contributed by atoms with E-state index in [2.05, 4.69) is 5.32 Å². The van der Waals surface area contributed by atoms with Crippen molar-refractivity contribution in [1.82, 2.24) is 5.32 Å². The zero-order valence-corrected chi connectivity index (χ0v) is 13.4. The fourth-order valence-corrected chi connectivity index (χ4v) is 1.66. The van der Waals surface area contributed by atoms with Gasteiger partial charge in [0, 0.05) is 11.6 Å². The largest absolute Gasteiger partial charge is 0.478 e. The fourth-order valence-electron chi connectivity index (χ4n) is 1.66. The van der Waals surface area contributed by atoms with Crippen molar-refractivity contribution in [2.24, 2.45) is 5.73 Å². The van der Waals surface area contributed by atoms with E-state index in [0.717, 1.165) is 6.42 Å². The first kappa shape index (κ1) is 17.4. The number of hydrogen-bond donors (Lipinski definition) is 2. The standard InChI is InChI=1S/C16H25FN2O2/c1-6-16(4,5)19-15(20)11(3)21-14-8-7-12(10(2)18)9-13(14)17/h7-11H,6,18H2,1-5H3,(H,19,20)/t10-,11?/m1/s1. The molecule has 0 heterocycles. The molecule has 0 bridgehead atoms. The predicted molar refractivity (Wildman–Crippen MR) is 81.6 cm³/mol. The number of hydrogen-bond acceptors (Lipinski definition) is 3. The van der Waals surface area contributed by atoms with Crippen LogP contribution in [0.4, 0.5) is 4.39 Å². The van der Waals surface area contributed by atoms with Gasteiger partial charge in [0.15, 0.2) is 17.7 Å². The van der Waals surface area contributed by atoms with Gasteiger partial charge in [0.2, 0.25) is 0 Å². The van der Waals surface area contributed by atoms with Gasteiger partial charge >= 0.3 is 0 Å². The Bertz CT molecular complexity index is 501. The minimum absolute atomic E-state index is 0.0522. The Kier molecular flexibility index (Phi) is 5.72. The molecule has 0 aliphatic carbocycles. The summed E-state index contributed by atoms with van der Waals surface area (Å²) in [7, 11) is 0. The monoisotopic (exact) mass is 296 g/mol. The average Bonchev–Trinajstić information content (AvgIpc) is 2.40. The van der Waals surface area contributed by atoms with Gasteiger partial charge in [0.25, 0.3) is 5.91 Å². The van der Waals surface area contributed by atoms with Crippen LogP contribution in [0.1, 0.15) is 52.6 Å². The predicted octanol–water partition coefficient (Wildman–Crippen LogP) is 2.92. The normalized spacial score (nSPS) is 14.4. The quantitative estimate of drug-likeness (QED) is 0.848. The highest BCUT2D eigenvalue weighted by Crippen LogP contribution is 2.22. The number of ether oxygens (including phenoxy) is 1. The first-order valence-corrected chi connectivity index (χ1v) is 7.20. The summed E-state index contributed by atoms with van der Waals surface area (Å²) >= 11 is 0. The Morgan fingerprint density at radius 3 is 2.52 bits per heavy atom. The maximum atomic E-state index is 13.9. The van der Waals surface area contributed by atoms with Crippen LogP contribution >= 0.6 is 0 Å². The van der Waals surface area contributed by atoms with Crippen LogP contribution < -0.4 is 15.8 Å². The highest BCUT2D eigenvalue weighted by Gasteiger charge is 2.23. The number of nitrogens with one attached hydrogen (secondary N) is 1. The van der Waals surface area contributed by atoms with E-state index in [4.69, 9.17) is 10.5 Å². The highest BCUT2D eigenvalue weighted by molar-refractivity contribution is 5.81. The van der Waals surface area contributed by atoms with E-state index in [0.29, 0.717) is 5.56 Å². The Morgan fingerprint density at radius 1 is 1.43 bits per heavy atom. The molecule has 0 aliphatic heterocycles. The van der Waals surface area contributed by atoms with Crippen molar-refractivity contribution >= 4 is 5.91 Å². The second kappa shape index (κ2) is 6.89. The Balaban J connectivity index is 2.75. The smallest absolute Gasteiger partial charge is 0.261 e. The topological polar surface area (TPSA) is 64.3 Å². The molecule has 0 aliphatic rings. The highest BCUT2D eigenvalue weighted by atomic mass is 19.1. The molecule has 118 valence electrons. The molecule has 0 fully saturated rings. The third-order valence-corrected chi connectivity index (χ3v) is 3.50. The summed E-state index contributed by atoms with van der Waals surface area (Å²) in [6.07, 6.45) is 0.0228. The van der Waals surface area contributed by atoms with Crippen molar-refractivity contribution in [2.75, 3.05) is 0 Å². The molecule has 1 aromatic carbocycles. The molecular formula is C16H25FN2O2. The van der Waals surface area contributed by atoms with Crippen LogP contribution in [-0.4, -0.2) is 17.6 Å². The van der Waals surface area contributed by atoms with Gasteiger partial charge in [-0.1, -0.05) is 13.0 Å². The Morgan fingerprint density at radius 2 is 2.05 bits per heavy atom. The zero-order valence-electron chi connectivity index (χ0n) is 13.4. The number of amides is 1. The summed E-state index contributed by atoms with van der Waals surface area (Å²) in [5, 5.41) is 2.87. The number of benzene rings is 1. The lowest BCUT2D eigenvalue weighted by molar-refractivity contribution is -0.129. The first-order chi connectivity index (χ1) is 9.66.